The number of benzene rings is 2. The molecule has 1 saturated heterocycles. The van der Waals surface area contributed by atoms with Gasteiger partial charge in [0.25, 0.3) is 0 Å². The van der Waals surface area contributed by atoms with Crippen LogP contribution in [0.4, 0.5) is 0 Å². The molecule has 0 radical (unpaired) electrons. The zero-order valence-electron chi connectivity index (χ0n) is 14.6. The molecule has 1 amide bonds. The highest BCUT2D eigenvalue weighted by Gasteiger charge is 2.42. The molecule has 0 aliphatic carbocycles. The van der Waals surface area contributed by atoms with Crippen LogP contribution >= 0.6 is 11.6 Å². The van der Waals surface area contributed by atoms with Crippen molar-refractivity contribution in [3.8, 4) is 5.75 Å². The van der Waals surface area contributed by atoms with E-state index in [1.165, 1.54) is 7.11 Å². The molecular weight excluding hydrogens is 354 g/mol. The number of nitrogens with zero attached hydrogens (tertiary/aromatic N) is 1. The van der Waals surface area contributed by atoms with Gasteiger partial charge in [-0.3, -0.25) is 4.79 Å². The van der Waals surface area contributed by atoms with Gasteiger partial charge in [0.05, 0.1) is 20.3 Å². The van der Waals surface area contributed by atoms with Crippen LogP contribution in [0.3, 0.4) is 0 Å². The third-order valence-electron chi connectivity index (χ3n) is 4.64. The number of hydrogen-bond donors (Lipinski definition) is 0. The van der Waals surface area contributed by atoms with Crippen LogP contribution in [0.2, 0.25) is 5.02 Å². The third-order valence-corrected chi connectivity index (χ3v) is 4.98. The SMILES string of the molecule is COC(=O)C1CCC(=O)N1C(c1ccc(OC)cc1)c1ccccc1Cl. The quantitative estimate of drug-likeness (QED) is 0.751. The molecule has 1 fully saturated rings. The van der Waals surface area contributed by atoms with Gasteiger partial charge in [-0.1, -0.05) is 41.9 Å². The van der Waals surface area contributed by atoms with E-state index in [-0.39, 0.29) is 5.91 Å². The van der Waals surface area contributed by atoms with Gasteiger partial charge in [0, 0.05) is 11.4 Å². The van der Waals surface area contributed by atoms with Crippen LogP contribution < -0.4 is 4.74 Å². The Morgan fingerprint density at radius 1 is 1.15 bits per heavy atom. The molecule has 0 aromatic heterocycles. The number of halogens is 1. The van der Waals surface area contributed by atoms with Gasteiger partial charge in [-0.15, -0.1) is 0 Å². The molecule has 6 heteroatoms. The van der Waals surface area contributed by atoms with Crippen molar-refractivity contribution in [2.75, 3.05) is 14.2 Å². The lowest BCUT2D eigenvalue weighted by Gasteiger charge is -2.33. The van der Waals surface area contributed by atoms with Crippen LogP contribution in [0, 0.1) is 0 Å². The number of carbonyl (C=O) groups is 2. The van der Waals surface area contributed by atoms with Gasteiger partial charge in [-0.25, -0.2) is 4.79 Å². The van der Waals surface area contributed by atoms with Crippen molar-refractivity contribution in [2.24, 2.45) is 0 Å². The average Bonchev–Trinajstić information content (AvgIpc) is 3.05. The zero-order valence-corrected chi connectivity index (χ0v) is 15.4. The zero-order chi connectivity index (χ0) is 18.7. The first-order valence-corrected chi connectivity index (χ1v) is 8.72. The minimum absolute atomic E-state index is 0.0962. The summed E-state index contributed by atoms with van der Waals surface area (Å²) in [5, 5.41) is 0.539. The Hall–Kier alpha value is -2.53. The summed E-state index contributed by atoms with van der Waals surface area (Å²) >= 11 is 6.44. The molecule has 5 nitrogen and oxygen atoms in total. The smallest absolute Gasteiger partial charge is 0.328 e. The van der Waals surface area contributed by atoms with Gasteiger partial charge >= 0.3 is 5.97 Å². The molecule has 2 unspecified atom stereocenters. The van der Waals surface area contributed by atoms with Crippen LogP contribution in [-0.4, -0.2) is 37.0 Å². The number of ether oxygens (including phenoxy) is 2. The van der Waals surface area contributed by atoms with E-state index < -0.39 is 18.1 Å². The van der Waals surface area contributed by atoms with E-state index in [2.05, 4.69) is 0 Å². The lowest BCUT2D eigenvalue weighted by Crippen LogP contribution is -2.42. The minimum Gasteiger partial charge on any atom is -0.497 e. The fourth-order valence-electron chi connectivity index (χ4n) is 3.37. The molecule has 26 heavy (non-hydrogen) atoms. The summed E-state index contributed by atoms with van der Waals surface area (Å²) in [6, 6.07) is 13.7. The highest BCUT2D eigenvalue weighted by atomic mass is 35.5. The molecule has 136 valence electrons. The molecule has 0 saturated carbocycles. The van der Waals surface area contributed by atoms with Gasteiger partial charge < -0.3 is 14.4 Å². The molecule has 2 atom stereocenters. The molecule has 2 aromatic rings. The van der Waals surface area contributed by atoms with Crippen molar-refractivity contribution in [2.45, 2.75) is 24.9 Å². The summed E-state index contributed by atoms with van der Waals surface area (Å²) in [6.07, 6.45) is 0.736. The summed E-state index contributed by atoms with van der Waals surface area (Å²) in [7, 11) is 2.93. The largest absolute Gasteiger partial charge is 0.497 e. The third kappa shape index (κ3) is 3.40. The molecular formula is C20H20ClNO4. The average molecular weight is 374 g/mol. The Balaban J connectivity index is 2.12. The van der Waals surface area contributed by atoms with Crippen molar-refractivity contribution >= 4 is 23.5 Å². The second-order valence-electron chi connectivity index (χ2n) is 6.08. The lowest BCUT2D eigenvalue weighted by molar-refractivity contribution is -0.150. The first-order valence-electron chi connectivity index (χ1n) is 8.34. The highest BCUT2D eigenvalue weighted by molar-refractivity contribution is 6.31. The first-order chi connectivity index (χ1) is 12.6. The Morgan fingerprint density at radius 3 is 2.46 bits per heavy atom. The summed E-state index contributed by atoms with van der Waals surface area (Å²) in [4.78, 5) is 26.5. The Bertz CT molecular complexity index is 806. The summed E-state index contributed by atoms with van der Waals surface area (Å²) in [5.41, 5.74) is 1.62. The fourth-order valence-corrected chi connectivity index (χ4v) is 3.61. The van der Waals surface area contributed by atoms with Crippen LogP contribution in [-0.2, 0) is 14.3 Å². The summed E-state index contributed by atoms with van der Waals surface area (Å²) in [6.45, 7) is 0. The molecule has 0 spiro atoms. The van der Waals surface area contributed by atoms with Gasteiger partial charge in [0.1, 0.15) is 11.8 Å². The maximum absolute atomic E-state index is 12.7. The predicted octanol–water partition coefficient (Wildman–Crippen LogP) is 3.60. The van der Waals surface area contributed by atoms with E-state index in [4.69, 9.17) is 21.1 Å². The normalized spacial score (nSPS) is 17.9. The van der Waals surface area contributed by atoms with Crippen LogP contribution in [0.1, 0.15) is 30.0 Å². The Labute approximate surface area is 157 Å². The maximum atomic E-state index is 12.7. The first kappa shape index (κ1) is 18.3. The molecule has 0 bridgehead atoms. The van der Waals surface area contributed by atoms with Crippen molar-refractivity contribution in [3.63, 3.8) is 0 Å². The number of amides is 1. The number of methoxy groups -OCH3 is 2. The Kier molecular flexibility index (Phi) is 5.47. The fraction of sp³-hybridized carbons (Fsp3) is 0.300. The van der Waals surface area contributed by atoms with Crippen LogP contribution in [0.15, 0.2) is 48.5 Å². The predicted molar refractivity (Wildman–Crippen MR) is 98.2 cm³/mol. The van der Waals surface area contributed by atoms with E-state index in [1.807, 2.05) is 42.5 Å². The van der Waals surface area contributed by atoms with Crippen molar-refractivity contribution in [1.82, 2.24) is 4.90 Å². The number of carbonyl (C=O) groups excluding carboxylic acids is 2. The van der Waals surface area contributed by atoms with E-state index in [1.54, 1.807) is 18.1 Å². The maximum Gasteiger partial charge on any atom is 0.328 e. The number of hydrogen-bond acceptors (Lipinski definition) is 4. The van der Waals surface area contributed by atoms with Gasteiger partial charge in [0.2, 0.25) is 5.91 Å². The van der Waals surface area contributed by atoms with Gasteiger partial charge in [-0.05, 0) is 35.7 Å². The van der Waals surface area contributed by atoms with Crippen LogP contribution in [0.25, 0.3) is 0 Å². The second kappa shape index (κ2) is 7.79. The highest BCUT2D eigenvalue weighted by Crippen LogP contribution is 2.39. The van der Waals surface area contributed by atoms with Gasteiger partial charge in [-0.2, -0.15) is 0 Å². The lowest BCUT2D eigenvalue weighted by atomic mass is 9.96. The number of rotatable bonds is 5. The van der Waals surface area contributed by atoms with Crippen molar-refractivity contribution < 1.29 is 19.1 Å². The topological polar surface area (TPSA) is 55.8 Å². The van der Waals surface area contributed by atoms with E-state index in [0.717, 1.165) is 11.1 Å². The summed E-state index contributed by atoms with van der Waals surface area (Å²) < 4.78 is 10.1. The van der Waals surface area contributed by atoms with E-state index in [9.17, 15) is 9.59 Å². The molecule has 1 aliphatic rings. The second-order valence-corrected chi connectivity index (χ2v) is 6.48. The molecule has 1 aliphatic heterocycles. The van der Waals surface area contributed by atoms with Crippen molar-refractivity contribution in [1.29, 1.82) is 0 Å². The molecule has 3 rings (SSSR count). The monoisotopic (exact) mass is 373 g/mol. The minimum atomic E-state index is -0.629. The number of likely N-dealkylation sites (tertiary alicyclic amines) is 1. The standard InChI is InChI=1S/C20H20ClNO4/c1-25-14-9-7-13(8-10-14)19(15-5-3-4-6-16(15)21)22-17(20(24)26-2)11-12-18(22)23/h3-10,17,19H,11-12H2,1-2H3. The number of esters is 1. The Morgan fingerprint density at radius 2 is 1.85 bits per heavy atom. The molecule has 0 N–H and O–H groups in total. The molecule has 1 heterocycles. The molecule has 2 aromatic carbocycles. The van der Waals surface area contributed by atoms with Crippen LogP contribution in [0.5, 0.6) is 5.75 Å². The van der Waals surface area contributed by atoms with E-state index >= 15 is 0 Å². The van der Waals surface area contributed by atoms with Gasteiger partial charge in [0.15, 0.2) is 0 Å². The van der Waals surface area contributed by atoms with Crippen molar-refractivity contribution in [3.05, 3.63) is 64.7 Å². The summed E-state index contributed by atoms with van der Waals surface area (Å²) in [5.74, 6) is 0.200. The van der Waals surface area contributed by atoms with E-state index in [0.29, 0.717) is 23.6 Å².